The number of carbonyl (C=O) groups excluding carboxylic acids is 1. The molecule has 0 fully saturated rings. The Morgan fingerprint density at radius 2 is 2.00 bits per heavy atom. The lowest BCUT2D eigenvalue weighted by atomic mass is 10.2. The number of fused-ring (bicyclic) bond motifs is 1. The van der Waals surface area contributed by atoms with Crippen LogP contribution in [-0.2, 0) is 0 Å². The third-order valence-corrected chi connectivity index (χ3v) is 3.49. The van der Waals surface area contributed by atoms with Crippen molar-refractivity contribution in [2.24, 2.45) is 0 Å². The van der Waals surface area contributed by atoms with Gasteiger partial charge in [0.1, 0.15) is 12.4 Å². The molecule has 0 atom stereocenters. The van der Waals surface area contributed by atoms with E-state index in [0.717, 1.165) is 11.3 Å². The lowest BCUT2D eigenvalue weighted by Crippen LogP contribution is -2.28. The van der Waals surface area contributed by atoms with Crippen molar-refractivity contribution in [1.82, 2.24) is 5.32 Å². The van der Waals surface area contributed by atoms with Crippen molar-refractivity contribution < 1.29 is 19.0 Å². The number of benzene rings is 2. The van der Waals surface area contributed by atoms with E-state index in [2.05, 4.69) is 22.5 Å². The van der Waals surface area contributed by atoms with E-state index in [1.54, 1.807) is 18.2 Å². The standard InChI is InChI=1S/C19H18N2O4/c1-14-6-2-3-7-16(14)23-11-5-4-10-20-19(22)21-15-8-9-17-18(12-15)25-13-24-17/h2-3,6-9,12H,10-11,13H2,1H3,(H2,20,21,22). The van der Waals surface area contributed by atoms with Crippen LogP contribution in [0.25, 0.3) is 0 Å². The van der Waals surface area contributed by atoms with E-state index in [-0.39, 0.29) is 26.0 Å². The number of hydrogen-bond acceptors (Lipinski definition) is 4. The molecule has 0 unspecified atom stereocenters. The highest BCUT2D eigenvalue weighted by Gasteiger charge is 2.13. The van der Waals surface area contributed by atoms with E-state index in [4.69, 9.17) is 14.2 Å². The largest absolute Gasteiger partial charge is 0.481 e. The molecule has 6 nitrogen and oxygen atoms in total. The number of ether oxygens (including phenoxy) is 3. The zero-order valence-corrected chi connectivity index (χ0v) is 13.8. The average Bonchev–Trinajstić information content (AvgIpc) is 3.07. The number of urea groups is 1. The van der Waals surface area contributed by atoms with Crippen LogP contribution in [0.2, 0.25) is 0 Å². The minimum absolute atomic E-state index is 0.200. The van der Waals surface area contributed by atoms with Gasteiger partial charge in [0.2, 0.25) is 6.79 Å². The molecule has 2 N–H and O–H groups in total. The molecular formula is C19H18N2O4. The summed E-state index contributed by atoms with van der Waals surface area (Å²) in [5.41, 5.74) is 1.68. The second kappa shape index (κ2) is 7.97. The van der Waals surface area contributed by atoms with E-state index in [0.29, 0.717) is 17.2 Å². The number of rotatable bonds is 4. The molecule has 0 aliphatic carbocycles. The predicted octanol–water partition coefficient (Wildman–Crippen LogP) is 2.93. The van der Waals surface area contributed by atoms with Gasteiger partial charge in [-0.05, 0) is 30.7 Å². The van der Waals surface area contributed by atoms with Crippen molar-refractivity contribution in [2.75, 3.05) is 25.3 Å². The molecule has 0 radical (unpaired) electrons. The van der Waals surface area contributed by atoms with Crippen LogP contribution in [0.4, 0.5) is 10.5 Å². The van der Waals surface area contributed by atoms with Crippen LogP contribution in [0, 0.1) is 18.8 Å². The topological polar surface area (TPSA) is 68.8 Å². The molecule has 6 heteroatoms. The van der Waals surface area contributed by atoms with Crippen LogP contribution in [-0.4, -0.2) is 26.0 Å². The first-order chi connectivity index (χ1) is 12.2. The predicted molar refractivity (Wildman–Crippen MR) is 94.0 cm³/mol. The van der Waals surface area contributed by atoms with Gasteiger partial charge >= 0.3 is 6.03 Å². The van der Waals surface area contributed by atoms with Crippen LogP contribution in [0.1, 0.15) is 5.56 Å². The Balaban J connectivity index is 1.39. The van der Waals surface area contributed by atoms with Gasteiger partial charge in [0.15, 0.2) is 11.5 Å². The van der Waals surface area contributed by atoms with Gasteiger partial charge in [0.25, 0.3) is 0 Å². The van der Waals surface area contributed by atoms with Gasteiger partial charge in [-0.1, -0.05) is 30.0 Å². The first kappa shape index (κ1) is 16.5. The molecule has 0 spiro atoms. The maximum absolute atomic E-state index is 11.8. The number of aryl methyl sites for hydroxylation is 1. The van der Waals surface area contributed by atoms with Gasteiger partial charge < -0.3 is 24.8 Å². The molecule has 2 amide bonds. The number of hydrogen-bond donors (Lipinski definition) is 2. The SMILES string of the molecule is Cc1ccccc1OCC#CCNC(=O)Nc1ccc2c(c1)OCO2. The summed E-state index contributed by atoms with van der Waals surface area (Å²) in [6, 6.07) is 12.6. The normalized spacial score (nSPS) is 11.2. The smallest absolute Gasteiger partial charge is 0.319 e. The molecule has 1 aliphatic rings. The quantitative estimate of drug-likeness (QED) is 0.841. The summed E-state index contributed by atoms with van der Waals surface area (Å²) in [6.07, 6.45) is 0. The molecule has 128 valence electrons. The Labute approximate surface area is 146 Å². The van der Waals surface area contributed by atoms with Crippen molar-refractivity contribution in [3.8, 4) is 29.1 Å². The Kier molecular flexibility index (Phi) is 5.27. The van der Waals surface area contributed by atoms with E-state index in [9.17, 15) is 4.79 Å². The van der Waals surface area contributed by atoms with Gasteiger partial charge in [0.05, 0.1) is 6.54 Å². The molecule has 0 saturated heterocycles. The van der Waals surface area contributed by atoms with E-state index < -0.39 is 0 Å². The summed E-state index contributed by atoms with van der Waals surface area (Å²) >= 11 is 0. The molecule has 0 bridgehead atoms. The molecule has 25 heavy (non-hydrogen) atoms. The second-order valence-corrected chi connectivity index (χ2v) is 5.28. The van der Waals surface area contributed by atoms with Crippen molar-refractivity contribution in [2.45, 2.75) is 6.92 Å². The molecule has 1 aliphatic heterocycles. The summed E-state index contributed by atoms with van der Waals surface area (Å²) < 4.78 is 16.0. The zero-order chi connectivity index (χ0) is 17.5. The molecule has 2 aromatic carbocycles. The average molecular weight is 338 g/mol. The molecule has 0 aromatic heterocycles. The summed E-state index contributed by atoms with van der Waals surface area (Å²) in [5.74, 6) is 7.80. The minimum atomic E-state index is -0.340. The minimum Gasteiger partial charge on any atom is -0.481 e. The highest BCUT2D eigenvalue weighted by atomic mass is 16.7. The number of para-hydroxylation sites is 1. The fourth-order valence-corrected chi connectivity index (χ4v) is 2.22. The third-order valence-electron chi connectivity index (χ3n) is 3.49. The fraction of sp³-hybridized carbons (Fsp3) is 0.211. The third kappa shape index (κ3) is 4.58. The number of anilines is 1. The van der Waals surface area contributed by atoms with E-state index >= 15 is 0 Å². The summed E-state index contributed by atoms with van der Waals surface area (Å²) in [7, 11) is 0. The molecule has 3 rings (SSSR count). The van der Waals surface area contributed by atoms with Crippen molar-refractivity contribution in [1.29, 1.82) is 0 Å². The summed E-state index contributed by atoms with van der Waals surface area (Å²) in [4.78, 5) is 11.8. The molecule has 2 aromatic rings. The first-order valence-corrected chi connectivity index (χ1v) is 7.81. The van der Waals surface area contributed by atoms with Gasteiger partial charge in [-0.25, -0.2) is 4.79 Å². The van der Waals surface area contributed by atoms with Crippen molar-refractivity contribution >= 4 is 11.7 Å². The van der Waals surface area contributed by atoms with E-state index in [1.165, 1.54) is 0 Å². The van der Waals surface area contributed by atoms with Crippen LogP contribution >= 0.6 is 0 Å². The number of nitrogens with one attached hydrogen (secondary N) is 2. The lowest BCUT2D eigenvalue weighted by molar-refractivity contribution is 0.174. The van der Waals surface area contributed by atoms with Crippen molar-refractivity contribution in [3.63, 3.8) is 0 Å². The van der Waals surface area contributed by atoms with Gasteiger partial charge in [-0.3, -0.25) is 0 Å². The monoisotopic (exact) mass is 338 g/mol. The number of carbonyl (C=O) groups is 1. The maximum Gasteiger partial charge on any atom is 0.319 e. The van der Waals surface area contributed by atoms with Crippen LogP contribution in [0.3, 0.4) is 0 Å². The molecule has 1 heterocycles. The van der Waals surface area contributed by atoms with Gasteiger partial charge in [-0.15, -0.1) is 0 Å². The molecular weight excluding hydrogens is 320 g/mol. The Bertz CT molecular complexity index is 824. The zero-order valence-electron chi connectivity index (χ0n) is 13.8. The first-order valence-electron chi connectivity index (χ1n) is 7.81. The Hall–Kier alpha value is -3.33. The van der Waals surface area contributed by atoms with Gasteiger partial charge in [0, 0.05) is 11.8 Å². The summed E-state index contributed by atoms with van der Waals surface area (Å²) in [6.45, 7) is 2.68. The highest BCUT2D eigenvalue weighted by Crippen LogP contribution is 2.34. The maximum atomic E-state index is 11.8. The second-order valence-electron chi connectivity index (χ2n) is 5.28. The Morgan fingerprint density at radius 1 is 1.16 bits per heavy atom. The van der Waals surface area contributed by atoms with Gasteiger partial charge in [-0.2, -0.15) is 0 Å². The summed E-state index contributed by atoms with van der Waals surface area (Å²) in [5, 5.41) is 5.37. The highest BCUT2D eigenvalue weighted by molar-refractivity contribution is 5.89. The van der Waals surface area contributed by atoms with Crippen molar-refractivity contribution in [3.05, 3.63) is 48.0 Å². The van der Waals surface area contributed by atoms with Crippen LogP contribution < -0.4 is 24.8 Å². The van der Waals surface area contributed by atoms with E-state index in [1.807, 2.05) is 31.2 Å². The number of amides is 2. The Morgan fingerprint density at radius 3 is 2.88 bits per heavy atom. The van der Waals surface area contributed by atoms with Crippen LogP contribution in [0.5, 0.6) is 17.2 Å². The molecule has 0 saturated carbocycles. The fourth-order valence-electron chi connectivity index (χ4n) is 2.22. The lowest BCUT2D eigenvalue weighted by Gasteiger charge is -2.06. The van der Waals surface area contributed by atoms with Crippen LogP contribution in [0.15, 0.2) is 42.5 Å².